The normalized spacial score (nSPS) is 18.9. The molecule has 2 aromatic carbocycles. The maximum absolute atomic E-state index is 12.5. The standard InChI is InChI=1S/C21H25N3O3S/c1-3-24-19-7-5-4-6-17(19)18-12-15(8-9-20(18)24)22-21(25)13-23(2)16-10-11-28(26,27)14-16/h4-9,12,16H,3,10-11,13-14H2,1-2H3,(H,22,25). The number of aromatic nitrogens is 1. The SMILES string of the molecule is CCn1c2ccccc2c2cc(NC(=O)CN(C)C3CCS(=O)(=O)C3)ccc21. The first-order chi connectivity index (χ1) is 13.4. The highest BCUT2D eigenvalue weighted by Crippen LogP contribution is 2.31. The fraction of sp³-hybridized carbons (Fsp3) is 0.381. The van der Waals surface area contributed by atoms with Gasteiger partial charge < -0.3 is 9.88 Å². The number of nitrogens with one attached hydrogen (secondary N) is 1. The van der Waals surface area contributed by atoms with Gasteiger partial charge in [0.05, 0.1) is 18.1 Å². The Bertz CT molecular complexity index is 1150. The predicted molar refractivity (Wildman–Crippen MR) is 113 cm³/mol. The molecule has 1 fully saturated rings. The predicted octanol–water partition coefficient (Wildman–Crippen LogP) is 2.87. The number of anilines is 1. The van der Waals surface area contributed by atoms with Crippen molar-refractivity contribution < 1.29 is 13.2 Å². The van der Waals surface area contributed by atoms with Gasteiger partial charge in [-0.3, -0.25) is 9.69 Å². The number of sulfone groups is 1. The minimum Gasteiger partial charge on any atom is -0.341 e. The monoisotopic (exact) mass is 399 g/mol. The molecule has 1 saturated heterocycles. The highest BCUT2D eigenvalue weighted by atomic mass is 32.2. The summed E-state index contributed by atoms with van der Waals surface area (Å²) >= 11 is 0. The van der Waals surface area contributed by atoms with Gasteiger partial charge in [-0.15, -0.1) is 0 Å². The Kier molecular flexibility index (Phi) is 4.89. The van der Waals surface area contributed by atoms with Crippen LogP contribution < -0.4 is 5.32 Å². The third-order valence-corrected chi connectivity index (χ3v) is 7.35. The molecule has 0 bridgehead atoms. The maximum atomic E-state index is 12.5. The van der Waals surface area contributed by atoms with Crippen molar-refractivity contribution in [3.63, 3.8) is 0 Å². The quantitative estimate of drug-likeness (QED) is 0.716. The summed E-state index contributed by atoms with van der Waals surface area (Å²) in [6, 6.07) is 14.2. The van der Waals surface area contributed by atoms with Crippen LogP contribution >= 0.6 is 0 Å². The molecule has 6 nitrogen and oxygen atoms in total. The number of carbonyl (C=O) groups excluding carboxylic acids is 1. The van der Waals surface area contributed by atoms with Crippen molar-refractivity contribution in [1.29, 1.82) is 0 Å². The zero-order valence-electron chi connectivity index (χ0n) is 16.2. The topological polar surface area (TPSA) is 71.4 Å². The molecule has 3 aromatic rings. The summed E-state index contributed by atoms with van der Waals surface area (Å²) in [7, 11) is -1.15. The largest absolute Gasteiger partial charge is 0.341 e. The van der Waals surface area contributed by atoms with Crippen LogP contribution in [0.15, 0.2) is 42.5 Å². The molecule has 0 saturated carbocycles. The van der Waals surface area contributed by atoms with Gasteiger partial charge in [0.1, 0.15) is 0 Å². The minimum absolute atomic E-state index is 0.0826. The average Bonchev–Trinajstić information content (AvgIpc) is 3.18. The summed E-state index contributed by atoms with van der Waals surface area (Å²) in [6.07, 6.45) is 0.592. The first-order valence-electron chi connectivity index (χ1n) is 9.59. The van der Waals surface area contributed by atoms with Crippen LogP contribution in [0.1, 0.15) is 13.3 Å². The number of hydrogen-bond donors (Lipinski definition) is 1. The van der Waals surface area contributed by atoms with E-state index in [9.17, 15) is 13.2 Å². The smallest absolute Gasteiger partial charge is 0.238 e. The van der Waals surface area contributed by atoms with Crippen LogP contribution in [-0.2, 0) is 21.2 Å². The lowest BCUT2D eigenvalue weighted by Crippen LogP contribution is -2.38. The van der Waals surface area contributed by atoms with Crippen LogP contribution in [0.2, 0.25) is 0 Å². The number of fused-ring (bicyclic) bond motifs is 3. The first-order valence-corrected chi connectivity index (χ1v) is 11.4. The van der Waals surface area contributed by atoms with Gasteiger partial charge in [-0.2, -0.15) is 0 Å². The Hall–Kier alpha value is -2.38. The van der Waals surface area contributed by atoms with Crippen LogP contribution in [0.5, 0.6) is 0 Å². The number of carbonyl (C=O) groups is 1. The molecular weight excluding hydrogens is 374 g/mol. The molecule has 1 amide bonds. The molecular formula is C21H25N3O3S. The summed E-state index contributed by atoms with van der Waals surface area (Å²) in [4.78, 5) is 14.3. The number of amides is 1. The zero-order chi connectivity index (χ0) is 19.9. The number of rotatable bonds is 5. The number of benzene rings is 2. The van der Waals surface area contributed by atoms with Crippen molar-refractivity contribution in [3.8, 4) is 0 Å². The molecule has 148 valence electrons. The van der Waals surface area contributed by atoms with Crippen LogP contribution in [0.4, 0.5) is 5.69 Å². The van der Waals surface area contributed by atoms with Crippen LogP contribution in [-0.4, -0.2) is 54.9 Å². The molecule has 2 heterocycles. The van der Waals surface area contributed by atoms with Crippen molar-refractivity contribution >= 4 is 43.2 Å². The summed E-state index contributed by atoms with van der Waals surface area (Å²) in [5.74, 6) is 0.214. The number of likely N-dealkylation sites (N-methyl/N-ethyl adjacent to an activating group) is 1. The van der Waals surface area contributed by atoms with Gasteiger partial charge in [0.25, 0.3) is 0 Å². The molecule has 0 radical (unpaired) electrons. The lowest BCUT2D eigenvalue weighted by molar-refractivity contribution is -0.117. The van der Waals surface area contributed by atoms with E-state index in [1.807, 2.05) is 42.3 Å². The Morgan fingerprint density at radius 1 is 1.18 bits per heavy atom. The van der Waals surface area contributed by atoms with E-state index in [4.69, 9.17) is 0 Å². The van der Waals surface area contributed by atoms with Gasteiger partial charge in [0.2, 0.25) is 5.91 Å². The fourth-order valence-electron chi connectivity index (χ4n) is 4.15. The number of hydrogen-bond acceptors (Lipinski definition) is 4. The second-order valence-electron chi connectivity index (χ2n) is 7.51. The van der Waals surface area contributed by atoms with E-state index < -0.39 is 9.84 Å². The number of para-hydroxylation sites is 1. The lowest BCUT2D eigenvalue weighted by atomic mass is 10.1. The van der Waals surface area contributed by atoms with Crippen molar-refractivity contribution in [2.24, 2.45) is 0 Å². The second kappa shape index (κ2) is 7.22. The van der Waals surface area contributed by atoms with Gasteiger partial charge >= 0.3 is 0 Å². The molecule has 0 aliphatic carbocycles. The molecule has 28 heavy (non-hydrogen) atoms. The molecule has 7 heteroatoms. The zero-order valence-corrected chi connectivity index (χ0v) is 17.0. The lowest BCUT2D eigenvalue weighted by Gasteiger charge is -2.22. The first kappa shape index (κ1) is 19.0. The molecule has 4 rings (SSSR count). The van der Waals surface area contributed by atoms with Crippen molar-refractivity contribution in [2.45, 2.75) is 25.9 Å². The Labute approximate surface area is 165 Å². The maximum Gasteiger partial charge on any atom is 0.238 e. The van der Waals surface area contributed by atoms with E-state index in [-0.39, 0.29) is 30.0 Å². The Balaban J connectivity index is 1.53. The number of nitrogens with zero attached hydrogens (tertiary/aromatic N) is 2. The van der Waals surface area contributed by atoms with Crippen molar-refractivity contribution in [2.75, 3.05) is 30.4 Å². The highest BCUT2D eigenvalue weighted by Gasteiger charge is 2.31. The highest BCUT2D eigenvalue weighted by molar-refractivity contribution is 7.91. The third-order valence-electron chi connectivity index (χ3n) is 5.60. The van der Waals surface area contributed by atoms with E-state index >= 15 is 0 Å². The van der Waals surface area contributed by atoms with E-state index in [0.29, 0.717) is 6.42 Å². The minimum atomic E-state index is -2.96. The molecule has 1 aliphatic heterocycles. The van der Waals surface area contributed by atoms with E-state index in [0.717, 1.165) is 23.1 Å². The van der Waals surface area contributed by atoms with Gasteiger partial charge in [-0.1, -0.05) is 18.2 Å². The van der Waals surface area contributed by atoms with Crippen LogP contribution in [0.25, 0.3) is 21.8 Å². The average molecular weight is 400 g/mol. The van der Waals surface area contributed by atoms with Gasteiger partial charge in [0, 0.05) is 40.1 Å². The van der Waals surface area contributed by atoms with E-state index in [1.54, 1.807) is 0 Å². The summed E-state index contributed by atoms with van der Waals surface area (Å²) in [6.45, 7) is 3.18. The van der Waals surface area contributed by atoms with Crippen LogP contribution in [0.3, 0.4) is 0 Å². The summed E-state index contributed by atoms with van der Waals surface area (Å²) in [5.41, 5.74) is 3.09. The van der Waals surface area contributed by atoms with Crippen molar-refractivity contribution in [3.05, 3.63) is 42.5 Å². The Morgan fingerprint density at radius 2 is 1.93 bits per heavy atom. The molecule has 1 atom stereocenters. The van der Waals surface area contributed by atoms with E-state index in [2.05, 4.69) is 28.9 Å². The van der Waals surface area contributed by atoms with Gasteiger partial charge in [0.15, 0.2) is 9.84 Å². The fourth-order valence-corrected chi connectivity index (χ4v) is 5.96. The van der Waals surface area contributed by atoms with Gasteiger partial charge in [-0.25, -0.2) is 8.42 Å². The molecule has 1 aliphatic rings. The third kappa shape index (κ3) is 3.52. The summed E-state index contributed by atoms with van der Waals surface area (Å²) < 4.78 is 25.6. The van der Waals surface area contributed by atoms with E-state index in [1.165, 1.54) is 10.9 Å². The molecule has 1 aromatic heterocycles. The Morgan fingerprint density at radius 3 is 2.64 bits per heavy atom. The second-order valence-corrected chi connectivity index (χ2v) is 9.74. The molecule has 1 unspecified atom stereocenters. The molecule has 0 spiro atoms. The molecule has 1 N–H and O–H groups in total. The summed E-state index contributed by atoms with van der Waals surface area (Å²) in [5, 5.41) is 5.25. The number of aryl methyl sites for hydroxylation is 1. The van der Waals surface area contributed by atoms with Gasteiger partial charge in [-0.05, 0) is 44.7 Å². The van der Waals surface area contributed by atoms with Crippen molar-refractivity contribution in [1.82, 2.24) is 9.47 Å². The van der Waals surface area contributed by atoms with Crippen LogP contribution in [0, 0.1) is 0 Å².